The molecule has 14 heavy (non-hydrogen) atoms. The van der Waals surface area contributed by atoms with Crippen LogP contribution in [-0.4, -0.2) is 40.0 Å². The SMILES string of the molecule is CCCC(COC)Nc1nnnn1C. The monoisotopic (exact) mass is 199 g/mol. The zero-order valence-electron chi connectivity index (χ0n) is 8.90. The fourth-order valence-electron chi connectivity index (χ4n) is 1.28. The van der Waals surface area contributed by atoms with Gasteiger partial charge in [-0.05, 0) is 16.8 Å². The minimum atomic E-state index is 0.273. The van der Waals surface area contributed by atoms with Crippen LogP contribution in [0, 0.1) is 0 Å². The molecule has 0 bridgehead atoms. The summed E-state index contributed by atoms with van der Waals surface area (Å²) in [5.41, 5.74) is 0. The lowest BCUT2D eigenvalue weighted by Gasteiger charge is -2.16. The van der Waals surface area contributed by atoms with Crippen molar-refractivity contribution in [1.82, 2.24) is 20.2 Å². The maximum Gasteiger partial charge on any atom is 0.242 e. The number of rotatable bonds is 6. The number of aromatic nitrogens is 4. The molecule has 0 fully saturated rings. The largest absolute Gasteiger partial charge is 0.383 e. The van der Waals surface area contributed by atoms with Crippen molar-refractivity contribution >= 4 is 5.95 Å². The summed E-state index contributed by atoms with van der Waals surface area (Å²) in [6.07, 6.45) is 2.15. The van der Waals surface area contributed by atoms with Gasteiger partial charge in [-0.3, -0.25) is 0 Å². The van der Waals surface area contributed by atoms with E-state index in [-0.39, 0.29) is 6.04 Å². The predicted octanol–water partition coefficient (Wildman–Crippen LogP) is 0.437. The van der Waals surface area contributed by atoms with Crippen LogP contribution in [0.2, 0.25) is 0 Å². The van der Waals surface area contributed by atoms with Crippen molar-refractivity contribution in [3.8, 4) is 0 Å². The maximum absolute atomic E-state index is 5.10. The predicted molar refractivity (Wildman–Crippen MR) is 53.0 cm³/mol. The molecule has 0 aliphatic carbocycles. The Morgan fingerprint density at radius 1 is 1.57 bits per heavy atom. The van der Waals surface area contributed by atoms with Gasteiger partial charge in [0.1, 0.15) is 0 Å². The van der Waals surface area contributed by atoms with E-state index in [1.54, 1.807) is 18.8 Å². The number of ether oxygens (including phenoxy) is 1. The first-order chi connectivity index (χ1) is 6.77. The van der Waals surface area contributed by atoms with Crippen LogP contribution >= 0.6 is 0 Å². The first-order valence-electron chi connectivity index (χ1n) is 4.75. The Bertz CT molecular complexity index is 256. The van der Waals surface area contributed by atoms with E-state index in [9.17, 15) is 0 Å². The van der Waals surface area contributed by atoms with Crippen LogP contribution in [0.5, 0.6) is 0 Å². The van der Waals surface area contributed by atoms with Gasteiger partial charge < -0.3 is 10.1 Å². The molecule has 0 radical (unpaired) electrons. The van der Waals surface area contributed by atoms with Gasteiger partial charge in [0.05, 0.1) is 12.6 Å². The minimum absolute atomic E-state index is 0.273. The van der Waals surface area contributed by atoms with E-state index in [0.29, 0.717) is 12.6 Å². The van der Waals surface area contributed by atoms with Gasteiger partial charge in [0, 0.05) is 14.2 Å². The van der Waals surface area contributed by atoms with E-state index in [1.807, 2.05) is 0 Å². The minimum Gasteiger partial charge on any atom is -0.383 e. The summed E-state index contributed by atoms with van der Waals surface area (Å²) in [7, 11) is 3.50. The van der Waals surface area contributed by atoms with Crippen LogP contribution < -0.4 is 5.32 Å². The summed E-state index contributed by atoms with van der Waals surface area (Å²) in [4.78, 5) is 0. The standard InChI is InChI=1S/C8H17N5O/c1-4-5-7(6-14-3)9-8-10-11-12-13(8)2/h7H,4-6H2,1-3H3,(H,9,10,12). The molecule has 1 aromatic heterocycles. The van der Waals surface area contributed by atoms with Gasteiger partial charge >= 0.3 is 0 Å². The van der Waals surface area contributed by atoms with Gasteiger partial charge in [0.25, 0.3) is 0 Å². The Hall–Kier alpha value is -1.17. The van der Waals surface area contributed by atoms with Crippen molar-refractivity contribution in [2.45, 2.75) is 25.8 Å². The molecule has 1 heterocycles. The second-order valence-corrected chi connectivity index (χ2v) is 3.21. The van der Waals surface area contributed by atoms with E-state index < -0.39 is 0 Å². The fraction of sp³-hybridized carbons (Fsp3) is 0.875. The van der Waals surface area contributed by atoms with Crippen molar-refractivity contribution in [1.29, 1.82) is 0 Å². The molecule has 6 nitrogen and oxygen atoms in total. The highest BCUT2D eigenvalue weighted by atomic mass is 16.5. The Kier molecular flexibility index (Phi) is 4.31. The zero-order chi connectivity index (χ0) is 10.4. The highest BCUT2D eigenvalue weighted by Crippen LogP contribution is 2.05. The summed E-state index contributed by atoms with van der Waals surface area (Å²) in [5.74, 6) is 0.681. The van der Waals surface area contributed by atoms with Crippen molar-refractivity contribution in [2.75, 3.05) is 19.0 Å². The van der Waals surface area contributed by atoms with Crippen LogP contribution in [-0.2, 0) is 11.8 Å². The number of nitrogens with one attached hydrogen (secondary N) is 1. The van der Waals surface area contributed by atoms with Crippen LogP contribution in [0.15, 0.2) is 0 Å². The zero-order valence-corrected chi connectivity index (χ0v) is 8.90. The van der Waals surface area contributed by atoms with Crippen molar-refractivity contribution in [2.24, 2.45) is 7.05 Å². The van der Waals surface area contributed by atoms with Crippen molar-refractivity contribution < 1.29 is 4.74 Å². The molecule has 1 atom stereocenters. The molecule has 0 aliphatic heterocycles. The molecule has 0 spiro atoms. The number of hydrogen-bond acceptors (Lipinski definition) is 5. The lowest BCUT2D eigenvalue weighted by Crippen LogP contribution is -2.26. The lowest BCUT2D eigenvalue weighted by molar-refractivity contribution is 0.182. The normalized spacial score (nSPS) is 12.8. The molecule has 0 aliphatic rings. The van der Waals surface area contributed by atoms with E-state index in [2.05, 4.69) is 27.8 Å². The molecule has 0 aromatic carbocycles. The topological polar surface area (TPSA) is 64.9 Å². The average Bonchev–Trinajstić information content (AvgIpc) is 2.53. The smallest absolute Gasteiger partial charge is 0.242 e. The van der Waals surface area contributed by atoms with Gasteiger partial charge in [0.15, 0.2) is 0 Å². The maximum atomic E-state index is 5.10. The first kappa shape index (κ1) is 10.9. The van der Waals surface area contributed by atoms with Crippen LogP contribution in [0.4, 0.5) is 5.95 Å². The molecule has 1 rings (SSSR count). The van der Waals surface area contributed by atoms with Crippen LogP contribution in [0.1, 0.15) is 19.8 Å². The quantitative estimate of drug-likeness (QED) is 0.720. The summed E-state index contributed by atoms with van der Waals surface area (Å²) >= 11 is 0. The number of hydrogen-bond donors (Lipinski definition) is 1. The fourth-order valence-corrected chi connectivity index (χ4v) is 1.28. The van der Waals surface area contributed by atoms with E-state index in [1.165, 1.54) is 0 Å². The van der Waals surface area contributed by atoms with Gasteiger partial charge in [-0.15, -0.1) is 0 Å². The molecule has 1 N–H and O–H groups in total. The number of aryl methyl sites for hydroxylation is 1. The second kappa shape index (κ2) is 5.54. The highest BCUT2D eigenvalue weighted by Gasteiger charge is 2.10. The molecule has 0 saturated heterocycles. The molecule has 1 aromatic rings. The Morgan fingerprint density at radius 2 is 2.36 bits per heavy atom. The van der Waals surface area contributed by atoms with E-state index in [4.69, 9.17) is 4.74 Å². The summed E-state index contributed by atoms with van der Waals surface area (Å²) in [6.45, 7) is 2.81. The Morgan fingerprint density at radius 3 is 2.86 bits per heavy atom. The van der Waals surface area contributed by atoms with E-state index in [0.717, 1.165) is 12.8 Å². The molecular weight excluding hydrogens is 182 g/mol. The summed E-state index contributed by atoms with van der Waals surface area (Å²) in [6, 6.07) is 0.273. The lowest BCUT2D eigenvalue weighted by atomic mass is 10.2. The number of tetrazole rings is 1. The molecule has 1 unspecified atom stereocenters. The Balaban J connectivity index is 2.50. The number of methoxy groups -OCH3 is 1. The third-order valence-corrected chi connectivity index (χ3v) is 1.96. The third-order valence-electron chi connectivity index (χ3n) is 1.96. The van der Waals surface area contributed by atoms with Crippen LogP contribution in [0.3, 0.4) is 0 Å². The van der Waals surface area contributed by atoms with Crippen molar-refractivity contribution in [3.63, 3.8) is 0 Å². The average molecular weight is 199 g/mol. The number of nitrogens with zero attached hydrogens (tertiary/aromatic N) is 4. The van der Waals surface area contributed by atoms with Gasteiger partial charge in [-0.1, -0.05) is 18.4 Å². The number of anilines is 1. The van der Waals surface area contributed by atoms with Crippen molar-refractivity contribution in [3.05, 3.63) is 0 Å². The van der Waals surface area contributed by atoms with Gasteiger partial charge in [-0.2, -0.15) is 0 Å². The molecule has 0 amide bonds. The van der Waals surface area contributed by atoms with Crippen LogP contribution in [0.25, 0.3) is 0 Å². The summed E-state index contributed by atoms with van der Waals surface area (Å²) < 4.78 is 6.71. The third kappa shape index (κ3) is 2.95. The highest BCUT2D eigenvalue weighted by molar-refractivity contribution is 5.23. The Labute approximate surface area is 83.6 Å². The molecular formula is C8H17N5O. The molecule has 80 valence electrons. The summed E-state index contributed by atoms with van der Waals surface area (Å²) in [5, 5.41) is 14.4. The van der Waals surface area contributed by atoms with Gasteiger partial charge in [0.2, 0.25) is 5.95 Å². The molecule has 0 saturated carbocycles. The molecule has 6 heteroatoms. The second-order valence-electron chi connectivity index (χ2n) is 3.21. The van der Waals surface area contributed by atoms with E-state index >= 15 is 0 Å². The first-order valence-corrected chi connectivity index (χ1v) is 4.75. The van der Waals surface area contributed by atoms with Gasteiger partial charge in [-0.25, -0.2) is 4.68 Å².